The highest BCUT2D eigenvalue weighted by atomic mass is 19.1. The number of ether oxygens (including phenoxy) is 1. The summed E-state index contributed by atoms with van der Waals surface area (Å²) in [6.45, 7) is 5.59. The van der Waals surface area contributed by atoms with E-state index < -0.39 is 0 Å². The van der Waals surface area contributed by atoms with Gasteiger partial charge in [-0.05, 0) is 56.7 Å². The zero-order valence-corrected chi connectivity index (χ0v) is 11.8. The van der Waals surface area contributed by atoms with Gasteiger partial charge in [0.1, 0.15) is 11.6 Å². The van der Waals surface area contributed by atoms with Crippen molar-refractivity contribution >= 4 is 5.78 Å². The van der Waals surface area contributed by atoms with Gasteiger partial charge >= 0.3 is 0 Å². The molecule has 0 amide bonds. The van der Waals surface area contributed by atoms with Crippen LogP contribution in [0.3, 0.4) is 0 Å². The number of carbonyl (C=O) groups is 1. The molecule has 0 saturated carbocycles. The van der Waals surface area contributed by atoms with Crippen molar-refractivity contribution in [2.45, 2.75) is 26.9 Å². The van der Waals surface area contributed by atoms with Gasteiger partial charge in [0.2, 0.25) is 0 Å². The minimum atomic E-state index is -0.337. The molecular weight excluding hydrogens is 255 g/mol. The third kappa shape index (κ3) is 3.23. The third-order valence-corrected chi connectivity index (χ3v) is 2.90. The summed E-state index contributed by atoms with van der Waals surface area (Å²) in [6.07, 6.45) is 0.0490. The smallest absolute Gasteiger partial charge is 0.193 e. The van der Waals surface area contributed by atoms with Crippen LogP contribution >= 0.6 is 0 Å². The number of halogens is 1. The predicted molar refractivity (Wildman–Crippen MR) is 76.8 cm³/mol. The molecule has 0 fully saturated rings. The SMILES string of the molecule is Cc1cc(F)ccc1C(=O)c1cccc(OC(C)C)c1. The van der Waals surface area contributed by atoms with Gasteiger partial charge in [-0.15, -0.1) is 0 Å². The van der Waals surface area contributed by atoms with E-state index in [-0.39, 0.29) is 17.7 Å². The van der Waals surface area contributed by atoms with Crippen molar-refractivity contribution in [1.82, 2.24) is 0 Å². The lowest BCUT2D eigenvalue weighted by Crippen LogP contribution is -2.08. The second-order valence-corrected chi connectivity index (χ2v) is 4.98. The van der Waals surface area contributed by atoms with Gasteiger partial charge in [-0.2, -0.15) is 0 Å². The Morgan fingerprint density at radius 1 is 1.15 bits per heavy atom. The third-order valence-electron chi connectivity index (χ3n) is 2.90. The van der Waals surface area contributed by atoms with Crippen molar-refractivity contribution in [2.24, 2.45) is 0 Å². The molecule has 0 spiro atoms. The van der Waals surface area contributed by atoms with E-state index in [2.05, 4.69) is 0 Å². The molecule has 0 atom stereocenters. The van der Waals surface area contributed by atoms with Crippen molar-refractivity contribution in [3.63, 3.8) is 0 Å². The number of benzene rings is 2. The van der Waals surface area contributed by atoms with Crippen LogP contribution in [-0.2, 0) is 0 Å². The summed E-state index contributed by atoms with van der Waals surface area (Å²) in [7, 11) is 0. The van der Waals surface area contributed by atoms with Crippen LogP contribution in [-0.4, -0.2) is 11.9 Å². The first-order valence-corrected chi connectivity index (χ1v) is 6.55. The van der Waals surface area contributed by atoms with Gasteiger partial charge in [0, 0.05) is 11.1 Å². The molecule has 0 aliphatic heterocycles. The number of aryl methyl sites for hydroxylation is 1. The van der Waals surface area contributed by atoms with Gasteiger partial charge in [-0.1, -0.05) is 12.1 Å². The molecule has 0 radical (unpaired) electrons. The summed E-state index contributed by atoms with van der Waals surface area (Å²) in [5, 5.41) is 0. The van der Waals surface area contributed by atoms with Crippen LogP contribution in [0, 0.1) is 12.7 Å². The Bertz CT molecular complexity index is 633. The Morgan fingerprint density at radius 2 is 1.90 bits per heavy atom. The number of hydrogen-bond acceptors (Lipinski definition) is 2. The van der Waals surface area contributed by atoms with Crippen molar-refractivity contribution in [3.8, 4) is 5.75 Å². The van der Waals surface area contributed by atoms with E-state index in [1.165, 1.54) is 18.2 Å². The molecule has 3 heteroatoms. The summed E-state index contributed by atoms with van der Waals surface area (Å²) in [4.78, 5) is 12.4. The Kier molecular flexibility index (Phi) is 4.18. The van der Waals surface area contributed by atoms with Crippen LogP contribution in [0.25, 0.3) is 0 Å². The Labute approximate surface area is 118 Å². The second-order valence-electron chi connectivity index (χ2n) is 4.98. The van der Waals surface area contributed by atoms with E-state index in [1.807, 2.05) is 19.9 Å². The zero-order valence-electron chi connectivity index (χ0n) is 11.8. The molecule has 20 heavy (non-hydrogen) atoms. The number of ketones is 1. The monoisotopic (exact) mass is 272 g/mol. The van der Waals surface area contributed by atoms with E-state index in [4.69, 9.17) is 4.74 Å². The molecule has 0 unspecified atom stereocenters. The maximum absolute atomic E-state index is 13.1. The second kappa shape index (κ2) is 5.87. The molecule has 2 nitrogen and oxygen atoms in total. The van der Waals surface area contributed by atoms with E-state index in [0.717, 1.165) is 0 Å². The molecule has 0 bridgehead atoms. The molecule has 0 aliphatic carbocycles. The van der Waals surface area contributed by atoms with Crippen molar-refractivity contribution in [3.05, 3.63) is 65.0 Å². The lowest BCUT2D eigenvalue weighted by molar-refractivity contribution is 0.103. The number of hydrogen-bond donors (Lipinski definition) is 0. The first-order valence-electron chi connectivity index (χ1n) is 6.55. The minimum Gasteiger partial charge on any atom is -0.491 e. The standard InChI is InChI=1S/C17H17FO2/c1-11(2)20-15-6-4-5-13(10-15)17(19)16-8-7-14(18)9-12(16)3/h4-11H,1-3H3. The van der Waals surface area contributed by atoms with Crippen molar-refractivity contribution in [1.29, 1.82) is 0 Å². The van der Waals surface area contributed by atoms with Crippen molar-refractivity contribution < 1.29 is 13.9 Å². The fourth-order valence-corrected chi connectivity index (χ4v) is 2.02. The quantitative estimate of drug-likeness (QED) is 0.781. The lowest BCUT2D eigenvalue weighted by atomic mass is 9.99. The molecule has 0 saturated heterocycles. The topological polar surface area (TPSA) is 26.3 Å². The van der Waals surface area contributed by atoms with E-state index in [9.17, 15) is 9.18 Å². The highest BCUT2D eigenvalue weighted by Gasteiger charge is 2.13. The van der Waals surface area contributed by atoms with Gasteiger partial charge in [-0.25, -0.2) is 4.39 Å². The van der Waals surface area contributed by atoms with Gasteiger partial charge in [0.15, 0.2) is 5.78 Å². The molecule has 2 aromatic carbocycles. The highest BCUT2D eigenvalue weighted by Crippen LogP contribution is 2.20. The molecule has 0 aliphatic rings. The van der Waals surface area contributed by atoms with Gasteiger partial charge < -0.3 is 4.74 Å². The molecule has 2 rings (SSSR count). The summed E-state index contributed by atoms with van der Waals surface area (Å²) < 4.78 is 18.7. The molecule has 2 aromatic rings. The highest BCUT2D eigenvalue weighted by molar-refractivity contribution is 6.10. The summed E-state index contributed by atoms with van der Waals surface area (Å²) in [6, 6.07) is 11.2. The molecule has 0 aromatic heterocycles. The Morgan fingerprint density at radius 3 is 2.55 bits per heavy atom. The first-order chi connectivity index (χ1) is 9.47. The molecule has 0 heterocycles. The van der Waals surface area contributed by atoms with Gasteiger partial charge in [0.05, 0.1) is 6.10 Å². The van der Waals surface area contributed by atoms with E-state index in [1.54, 1.807) is 25.1 Å². The predicted octanol–water partition coefficient (Wildman–Crippen LogP) is 4.15. The van der Waals surface area contributed by atoms with Crippen LogP contribution < -0.4 is 4.74 Å². The molecular formula is C17H17FO2. The van der Waals surface area contributed by atoms with Gasteiger partial charge in [-0.3, -0.25) is 4.79 Å². The van der Waals surface area contributed by atoms with Gasteiger partial charge in [0.25, 0.3) is 0 Å². The number of rotatable bonds is 4. The van der Waals surface area contributed by atoms with Crippen LogP contribution in [0.2, 0.25) is 0 Å². The summed E-state index contributed by atoms with van der Waals surface area (Å²) in [5.41, 5.74) is 1.68. The fourth-order valence-electron chi connectivity index (χ4n) is 2.02. The zero-order chi connectivity index (χ0) is 14.7. The maximum Gasteiger partial charge on any atom is 0.193 e. The van der Waals surface area contributed by atoms with E-state index in [0.29, 0.717) is 22.4 Å². The molecule has 104 valence electrons. The van der Waals surface area contributed by atoms with Crippen LogP contribution in [0.4, 0.5) is 4.39 Å². The average Bonchev–Trinajstić information content (AvgIpc) is 2.37. The fraction of sp³-hybridized carbons (Fsp3) is 0.235. The number of carbonyl (C=O) groups excluding carboxylic acids is 1. The summed E-state index contributed by atoms with van der Waals surface area (Å²) >= 11 is 0. The lowest BCUT2D eigenvalue weighted by Gasteiger charge is -2.11. The van der Waals surface area contributed by atoms with Crippen LogP contribution in [0.15, 0.2) is 42.5 Å². The van der Waals surface area contributed by atoms with E-state index >= 15 is 0 Å². The average molecular weight is 272 g/mol. The Hall–Kier alpha value is -2.16. The first kappa shape index (κ1) is 14.3. The normalized spacial score (nSPS) is 10.7. The van der Waals surface area contributed by atoms with Crippen molar-refractivity contribution in [2.75, 3.05) is 0 Å². The largest absolute Gasteiger partial charge is 0.491 e. The van der Waals surface area contributed by atoms with Crippen LogP contribution in [0.1, 0.15) is 35.3 Å². The van der Waals surface area contributed by atoms with Crippen LogP contribution in [0.5, 0.6) is 5.75 Å². The Balaban J connectivity index is 2.33. The minimum absolute atomic E-state index is 0.0490. The molecule has 0 N–H and O–H groups in total. The summed E-state index contributed by atoms with van der Waals surface area (Å²) in [5.74, 6) is 0.193. The maximum atomic E-state index is 13.1.